The maximum Gasteiger partial charge on any atom is 0.349 e. The zero-order valence-corrected chi connectivity index (χ0v) is 10.3. The summed E-state index contributed by atoms with van der Waals surface area (Å²) in [7, 11) is 0. The third-order valence-corrected chi connectivity index (χ3v) is 3.46. The van der Waals surface area contributed by atoms with Gasteiger partial charge >= 0.3 is 5.97 Å². The smallest absolute Gasteiger partial charge is 0.349 e. The lowest BCUT2D eigenvalue weighted by molar-refractivity contribution is -0.125. The monoisotopic (exact) mass is 267 g/mol. The molecular formula is C12H10FNO3S. The van der Waals surface area contributed by atoms with Crippen molar-refractivity contribution in [3.8, 4) is 0 Å². The van der Waals surface area contributed by atoms with Crippen LogP contribution >= 0.6 is 11.3 Å². The van der Waals surface area contributed by atoms with Gasteiger partial charge in [0.15, 0.2) is 6.10 Å². The lowest BCUT2D eigenvalue weighted by Crippen LogP contribution is -2.30. The minimum absolute atomic E-state index is 0.309. The second-order valence-electron chi connectivity index (χ2n) is 3.74. The Kier molecular flexibility index (Phi) is 3.29. The molecule has 1 amide bonds. The second kappa shape index (κ2) is 4.73. The highest BCUT2D eigenvalue weighted by atomic mass is 32.1. The van der Waals surface area contributed by atoms with Gasteiger partial charge in [0.2, 0.25) is 0 Å². The van der Waals surface area contributed by atoms with Gasteiger partial charge < -0.3 is 10.5 Å². The highest BCUT2D eigenvalue weighted by Gasteiger charge is 2.18. The minimum atomic E-state index is -0.987. The Balaban J connectivity index is 2.26. The number of nitrogens with two attached hydrogens (primary N) is 1. The van der Waals surface area contributed by atoms with Crippen molar-refractivity contribution in [2.75, 3.05) is 0 Å². The standard InChI is InChI=1S/C12H10FNO3S/c1-6(11(14)15)17-12(16)10-5-7-4-8(13)2-3-9(7)18-10/h2-6H,1H3,(H2,14,15)/t6-/m1/s1. The van der Waals surface area contributed by atoms with Gasteiger partial charge in [0.05, 0.1) is 0 Å². The number of fused-ring (bicyclic) bond motifs is 1. The van der Waals surface area contributed by atoms with E-state index in [0.717, 1.165) is 4.70 Å². The fraction of sp³-hybridized carbons (Fsp3) is 0.167. The van der Waals surface area contributed by atoms with Gasteiger partial charge in [-0.05, 0) is 36.6 Å². The quantitative estimate of drug-likeness (QED) is 0.865. The number of carbonyl (C=O) groups excluding carboxylic acids is 2. The molecule has 1 atom stereocenters. The Hall–Kier alpha value is -1.95. The number of rotatable bonds is 3. The molecule has 2 N–H and O–H groups in total. The topological polar surface area (TPSA) is 69.4 Å². The summed E-state index contributed by atoms with van der Waals surface area (Å²) in [5.74, 6) is -1.72. The summed E-state index contributed by atoms with van der Waals surface area (Å²) in [4.78, 5) is 22.8. The number of halogens is 1. The van der Waals surface area contributed by atoms with Crippen molar-refractivity contribution in [3.05, 3.63) is 35.0 Å². The summed E-state index contributed by atoms with van der Waals surface area (Å²) in [6.45, 7) is 1.40. The average molecular weight is 267 g/mol. The van der Waals surface area contributed by atoms with E-state index in [4.69, 9.17) is 10.5 Å². The molecule has 0 bridgehead atoms. The highest BCUT2D eigenvalue weighted by Crippen LogP contribution is 2.27. The predicted octanol–water partition coefficient (Wildman–Crippen LogP) is 2.07. The number of primary amides is 1. The number of benzene rings is 1. The van der Waals surface area contributed by atoms with Crippen molar-refractivity contribution in [1.29, 1.82) is 0 Å². The first-order chi connectivity index (χ1) is 8.47. The number of hydrogen-bond donors (Lipinski definition) is 1. The molecule has 0 aliphatic carbocycles. The van der Waals surface area contributed by atoms with Crippen LogP contribution in [-0.2, 0) is 9.53 Å². The number of amides is 1. The van der Waals surface area contributed by atoms with Crippen molar-refractivity contribution >= 4 is 33.3 Å². The lowest BCUT2D eigenvalue weighted by Gasteiger charge is -2.07. The third kappa shape index (κ3) is 2.48. The molecule has 1 aromatic heterocycles. The van der Waals surface area contributed by atoms with Crippen LogP contribution in [0.15, 0.2) is 24.3 Å². The van der Waals surface area contributed by atoms with Gasteiger partial charge in [-0.15, -0.1) is 11.3 Å². The molecule has 0 aliphatic heterocycles. The van der Waals surface area contributed by atoms with Crippen molar-refractivity contribution in [2.24, 2.45) is 5.73 Å². The second-order valence-corrected chi connectivity index (χ2v) is 4.83. The third-order valence-electron chi connectivity index (χ3n) is 2.36. The van der Waals surface area contributed by atoms with Gasteiger partial charge in [0, 0.05) is 4.70 Å². The highest BCUT2D eigenvalue weighted by molar-refractivity contribution is 7.20. The zero-order chi connectivity index (χ0) is 13.3. The van der Waals surface area contributed by atoms with Crippen molar-refractivity contribution in [1.82, 2.24) is 0 Å². The van der Waals surface area contributed by atoms with Crippen LogP contribution < -0.4 is 5.73 Å². The first-order valence-electron chi connectivity index (χ1n) is 5.17. The molecule has 0 saturated heterocycles. The largest absolute Gasteiger partial charge is 0.448 e. The van der Waals surface area contributed by atoms with Crippen LogP contribution in [0.25, 0.3) is 10.1 Å². The molecule has 0 fully saturated rings. The Morgan fingerprint density at radius 1 is 1.39 bits per heavy atom. The van der Waals surface area contributed by atoms with Crippen LogP contribution in [0.5, 0.6) is 0 Å². The summed E-state index contributed by atoms with van der Waals surface area (Å²) >= 11 is 1.17. The van der Waals surface area contributed by atoms with Crippen molar-refractivity contribution < 1.29 is 18.7 Å². The van der Waals surface area contributed by atoms with Crippen LogP contribution in [0.3, 0.4) is 0 Å². The molecule has 0 aliphatic rings. The summed E-state index contributed by atoms with van der Waals surface area (Å²) in [5, 5.41) is 0.624. The molecule has 0 unspecified atom stereocenters. The molecule has 4 nitrogen and oxygen atoms in total. The van der Waals surface area contributed by atoms with E-state index in [-0.39, 0.29) is 5.82 Å². The summed E-state index contributed by atoms with van der Waals surface area (Å²) in [5.41, 5.74) is 4.99. The molecule has 2 rings (SSSR count). The van der Waals surface area contributed by atoms with Crippen LogP contribution in [0.1, 0.15) is 16.6 Å². The van der Waals surface area contributed by atoms with E-state index in [2.05, 4.69) is 0 Å². The molecule has 94 valence electrons. The first kappa shape index (κ1) is 12.5. The van der Waals surface area contributed by atoms with Gasteiger partial charge in [-0.25, -0.2) is 9.18 Å². The normalized spacial score (nSPS) is 12.3. The number of carbonyl (C=O) groups is 2. The SMILES string of the molecule is C[C@@H](OC(=O)c1cc2cc(F)ccc2s1)C(N)=O. The van der Waals surface area contributed by atoms with Crippen molar-refractivity contribution in [3.63, 3.8) is 0 Å². The number of thiophene rings is 1. The van der Waals surface area contributed by atoms with Gasteiger partial charge in [-0.2, -0.15) is 0 Å². The van der Waals surface area contributed by atoms with E-state index in [1.165, 1.54) is 36.5 Å². The lowest BCUT2D eigenvalue weighted by atomic mass is 10.2. The van der Waals surface area contributed by atoms with Gasteiger partial charge in [-0.1, -0.05) is 0 Å². The maximum atomic E-state index is 13.0. The molecule has 2 aromatic rings. The Labute approximate surface area is 106 Å². The molecule has 0 saturated carbocycles. The average Bonchev–Trinajstić information content (AvgIpc) is 2.71. The Bertz CT molecular complexity index is 623. The number of hydrogen-bond acceptors (Lipinski definition) is 4. The first-order valence-corrected chi connectivity index (χ1v) is 5.98. The summed E-state index contributed by atoms with van der Waals surface area (Å²) in [6.07, 6.45) is -0.987. The zero-order valence-electron chi connectivity index (χ0n) is 9.48. The fourth-order valence-electron chi connectivity index (χ4n) is 1.39. The number of esters is 1. The van der Waals surface area contributed by atoms with Crippen LogP contribution in [0.4, 0.5) is 4.39 Å². The molecule has 18 heavy (non-hydrogen) atoms. The number of ether oxygens (including phenoxy) is 1. The molecule has 0 spiro atoms. The van der Waals surface area contributed by atoms with E-state index >= 15 is 0 Å². The molecule has 6 heteroatoms. The summed E-state index contributed by atoms with van der Waals surface area (Å²) in [6, 6.07) is 5.77. The van der Waals surface area contributed by atoms with E-state index in [1.807, 2.05) is 0 Å². The maximum absolute atomic E-state index is 13.0. The molecule has 0 radical (unpaired) electrons. The van der Waals surface area contributed by atoms with Crippen LogP contribution in [0.2, 0.25) is 0 Å². The predicted molar refractivity (Wildman–Crippen MR) is 65.9 cm³/mol. The Morgan fingerprint density at radius 2 is 2.11 bits per heavy atom. The molecule has 1 heterocycles. The van der Waals surface area contributed by atoms with E-state index < -0.39 is 18.0 Å². The van der Waals surface area contributed by atoms with E-state index in [1.54, 1.807) is 6.07 Å². The van der Waals surface area contributed by atoms with Gasteiger partial charge in [-0.3, -0.25) is 4.79 Å². The Morgan fingerprint density at radius 3 is 2.78 bits per heavy atom. The molecular weight excluding hydrogens is 257 g/mol. The van der Waals surface area contributed by atoms with Gasteiger partial charge in [0.25, 0.3) is 5.91 Å². The van der Waals surface area contributed by atoms with E-state index in [9.17, 15) is 14.0 Å². The van der Waals surface area contributed by atoms with Crippen molar-refractivity contribution in [2.45, 2.75) is 13.0 Å². The van der Waals surface area contributed by atoms with E-state index in [0.29, 0.717) is 10.3 Å². The van der Waals surface area contributed by atoms with Crippen LogP contribution in [0, 0.1) is 5.82 Å². The fourth-order valence-corrected chi connectivity index (χ4v) is 2.32. The van der Waals surface area contributed by atoms with Crippen LogP contribution in [-0.4, -0.2) is 18.0 Å². The summed E-state index contributed by atoms with van der Waals surface area (Å²) < 4.78 is 18.6. The van der Waals surface area contributed by atoms with Gasteiger partial charge in [0.1, 0.15) is 10.7 Å². The molecule has 1 aromatic carbocycles. The minimum Gasteiger partial charge on any atom is -0.448 e.